The minimum atomic E-state index is -3.31. The molecule has 0 unspecified atom stereocenters. The van der Waals surface area contributed by atoms with Gasteiger partial charge >= 0.3 is 0 Å². The van der Waals surface area contributed by atoms with E-state index < -0.39 is 27.7 Å². The van der Waals surface area contributed by atoms with Crippen LogP contribution in [0.15, 0.2) is 53.4 Å². The molecule has 2 aromatic rings. The summed E-state index contributed by atoms with van der Waals surface area (Å²) in [6, 6.07) is 10.8. The van der Waals surface area contributed by atoms with Gasteiger partial charge in [0, 0.05) is 11.8 Å². The lowest BCUT2D eigenvalue weighted by Gasteiger charge is -2.16. The quantitative estimate of drug-likeness (QED) is 0.909. The Kier molecular flexibility index (Phi) is 4.46. The number of primary amides is 1. The maximum atomic E-state index is 12.9. The van der Waals surface area contributed by atoms with Gasteiger partial charge in [0.2, 0.25) is 6.10 Å². The molecule has 0 saturated heterocycles. The van der Waals surface area contributed by atoms with E-state index in [1.165, 1.54) is 48.5 Å². The zero-order valence-corrected chi connectivity index (χ0v) is 12.5. The Morgan fingerprint density at radius 3 is 2.09 bits per heavy atom. The molecule has 2 aromatic carbocycles. The van der Waals surface area contributed by atoms with Crippen molar-refractivity contribution in [3.8, 4) is 5.75 Å². The number of carbonyl (C=O) groups excluding carboxylic acids is 1. The van der Waals surface area contributed by atoms with Gasteiger partial charge in [-0.25, -0.2) is 12.8 Å². The van der Waals surface area contributed by atoms with E-state index in [0.29, 0.717) is 5.56 Å². The fourth-order valence-electron chi connectivity index (χ4n) is 1.83. The van der Waals surface area contributed by atoms with E-state index in [0.717, 1.165) is 6.26 Å². The fraction of sp³-hybridized carbons (Fsp3) is 0.133. The van der Waals surface area contributed by atoms with Crippen LogP contribution in [0.1, 0.15) is 11.7 Å². The average molecular weight is 323 g/mol. The van der Waals surface area contributed by atoms with E-state index >= 15 is 0 Å². The van der Waals surface area contributed by atoms with Crippen LogP contribution in [0.25, 0.3) is 0 Å². The maximum Gasteiger partial charge on any atom is 0.263 e. The van der Waals surface area contributed by atoms with Crippen LogP contribution in [0.3, 0.4) is 0 Å². The molecule has 0 heterocycles. The number of amides is 1. The van der Waals surface area contributed by atoms with Gasteiger partial charge < -0.3 is 10.5 Å². The average Bonchev–Trinajstić information content (AvgIpc) is 2.45. The fourth-order valence-corrected chi connectivity index (χ4v) is 2.46. The number of carbonyl (C=O) groups is 1. The van der Waals surface area contributed by atoms with E-state index in [4.69, 9.17) is 10.5 Å². The smallest absolute Gasteiger partial charge is 0.263 e. The Balaban J connectivity index is 2.25. The van der Waals surface area contributed by atoms with Crippen LogP contribution in [0.2, 0.25) is 0 Å². The van der Waals surface area contributed by atoms with Crippen molar-refractivity contribution in [1.82, 2.24) is 0 Å². The van der Waals surface area contributed by atoms with Crippen LogP contribution in [-0.4, -0.2) is 20.6 Å². The first-order valence-corrected chi connectivity index (χ1v) is 8.18. The van der Waals surface area contributed by atoms with Crippen LogP contribution >= 0.6 is 0 Å². The van der Waals surface area contributed by atoms with Crippen LogP contribution < -0.4 is 10.5 Å². The van der Waals surface area contributed by atoms with E-state index in [1.54, 1.807) is 0 Å². The van der Waals surface area contributed by atoms with Gasteiger partial charge in [0.15, 0.2) is 9.84 Å². The predicted octanol–water partition coefficient (Wildman–Crippen LogP) is 1.83. The third kappa shape index (κ3) is 3.82. The lowest BCUT2D eigenvalue weighted by atomic mass is 10.1. The lowest BCUT2D eigenvalue weighted by molar-refractivity contribution is -0.125. The molecule has 116 valence electrons. The topological polar surface area (TPSA) is 86.5 Å². The molecule has 22 heavy (non-hydrogen) atoms. The summed E-state index contributed by atoms with van der Waals surface area (Å²) in [4.78, 5) is 11.7. The minimum absolute atomic E-state index is 0.136. The van der Waals surface area contributed by atoms with Crippen molar-refractivity contribution in [3.05, 3.63) is 59.9 Å². The highest BCUT2D eigenvalue weighted by Crippen LogP contribution is 2.23. The summed E-state index contributed by atoms with van der Waals surface area (Å²) in [5.41, 5.74) is 5.70. The molecule has 0 fully saturated rings. The Labute approximate surface area is 127 Å². The van der Waals surface area contributed by atoms with Gasteiger partial charge in [-0.3, -0.25) is 4.79 Å². The highest BCUT2D eigenvalue weighted by atomic mass is 32.2. The summed E-state index contributed by atoms with van der Waals surface area (Å²) in [7, 11) is -3.31. The second-order valence-corrected chi connectivity index (χ2v) is 6.71. The predicted molar refractivity (Wildman–Crippen MR) is 78.5 cm³/mol. The molecule has 1 atom stereocenters. The molecule has 0 spiro atoms. The van der Waals surface area contributed by atoms with Crippen molar-refractivity contribution in [2.75, 3.05) is 6.26 Å². The standard InChI is InChI=1S/C15H14FNO4S/c1-22(19,20)13-8-6-12(7-9-13)21-14(15(17)18)10-2-4-11(16)5-3-10/h2-9,14H,1H3,(H2,17,18)/t14-/m0/s1. The van der Waals surface area contributed by atoms with Crippen LogP contribution in [0, 0.1) is 5.82 Å². The highest BCUT2D eigenvalue weighted by Gasteiger charge is 2.20. The van der Waals surface area contributed by atoms with Crippen molar-refractivity contribution in [2.24, 2.45) is 5.73 Å². The number of nitrogens with two attached hydrogens (primary N) is 1. The summed E-state index contributed by atoms with van der Waals surface area (Å²) < 4.78 is 41.2. The molecule has 5 nitrogen and oxygen atoms in total. The second kappa shape index (κ2) is 6.15. The Bertz CT molecular complexity index is 770. The SMILES string of the molecule is CS(=O)(=O)c1ccc(O[C@H](C(N)=O)c2ccc(F)cc2)cc1. The first-order valence-electron chi connectivity index (χ1n) is 6.29. The molecule has 0 aromatic heterocycles. The molecule has 0 aliphatic carbocycles. The van der Waals surface area contributed by atoms with E-state index in [2.05, 4.69) is 0 Å². The summed E-state index contributed by atoms with van der Waals surface area (Å²) in [5, 5.41) is 0. The molecular formula is C15H14FNO4S. The number of hydrogen-bond donors (Lipinski definition) is 1. The van der Waals surface area contributed by atoms with Crippen molar-refractivity contribution in [3.63, 3.8) is 0 Å². The minimum Gasteiger partial charge on any atom is -0.476 e. The molecule has 0 saturated carbocycles. The Morgan fingerprint density at radius 1 is 1.09 bits per heavy atom. The zero-order valence-electron chi connectivity index (χ0n) is 11.7. The Morgan fingerprint density at radius 2 is 1.64 bits per heavy atom. The number of benzene rings is 2. The Hall–Kier alpha value is -2.41. The molecule has 0 aliphatic rings. The molecule has 0 aliphatic heterocycles. The number of sulfone groups is 1. The van der Waals surface area contributed by atoms with Crippen molar-refractivity contribution in [1.29, 1.82) is 0 Å². The third-order valence-electron chi connectivity index (χ3n) is 2.94. The second-order valence-electron chi connectivity index (χ2n) is 4.70. The maximum absolute atomic E-state index is 12.9. The largest absolute Gasteiger partial charge is 0.476 e. The monoisotopic (exact) mass is 323 g/mol. The first kappa shape index (κ1) is 16.0. The van der Waals surface area contributed by atoms with Gasteiger partial charge in [0.1, 0.15) is 11.6 Å². The van der Waals surface area contributed by atoms with Crippen molar-refractivity contribution in [2.45, 2.75) is 11.0 Å². The normalized spacial score (nSPS) is 12.6. The van der Waals surface area contributed by atoms with E-state index in [1.807, 2.05) is 0 Å². The molecule has 2 N–H and O–H groups in total. The molecule has 1 amide bonds. The molecule has 2 rings (SSSR count). The summed E-state index contributed by atoms with van der Waals surface area (Å²) >= 11 is 0. The third-order valence-corrected chi connectivity index (χ3v) is 4.07. The highest BCUT2D eigenvalue weighted by molar-refractivity contribution is 7.90. The number of halogens is 1. The van der Waals surface area contributed by atoms with Crippen molar-refractivity contribution >= 4 is 15.7 Å². The van der Waals surface area contributed by atoms with Crippen LogP contribution in [-0.2, 0) is 14.6 Å². The summed E-state index contributed by atoms with van der Waals surface area (Å²) in [6.07, 6.45) is -0.00202. The van der Waals surface area contributed by atoms with Crippen LogP contribution in [0.5, 0.6) is 5.75 Å². The van der Waals surface area contributed by atoms with E-state index in [-0.39, 0.29) is 10.6 Å². The van der Waals surface area contributed by atoms with Gasteiger partial charge in [-0.1, -0.05) is 12.1 Å². The first-order chi connectivity index (χ1) is 10.3. The van der Waals surface area contributed by atoms with Gasteiger partial charge in [-0.05, 0) is 36.4 Å². The number of hydrogen-bond acceptors (Lipinski definition) is 4. The van der Waals surface area contributed by atoms with Crippen LogP contribution in [0.4, 0.5) is 4.39 Å². The van der Waals surface area contributed by atoms with Gasteiger partial charge in [0.05, 0.1) is 4.90 Å². The number of ether oxygens (including phenoxy) is 1. The van der Waals surface area contributed by atoms with Gasteiger partial charge in [-0.15, -0.1) is 0 Å². The summed E-state index contributed by atoms with van der Waals surface area (Å²) in [5.74, 6) is -0.899. The van der Waals surface area contributed by atoms with Gasteiger partial charge in [0.25, 0.3) is 5.91 Å². The molecule has 0 radical (unpaired) electrons. The van der Waals surface area contributed by atoms with Crippen molar-refractivity contribution < 1.29 is 22.3 Å². The molecular weight excluding hydrogens is 309 g/mol. The molecule has 7 heteroatoms. The number of rotatable bonds is 5. The van der Waals surface area contributed by atoms with Gasteiger partial charge in [-0.2, -0.15) is 0 Å². The zero-order chi connectivity index (χ0) is 16.3. The lowest BCUT2D eigenvalue weighted by Crippen LogP contribution is -2.26. The summed E-state index contributed by atoms with van der Waals surface area (Å²) in [6.45, 7) is 0. The molecule has 0 bridgehead atoms. The van der Waals surface area contributed by atoms with E-state index in [9.17, 15) is 17.6 Å².